The third kappa shape index (κ3) is 3.47. The predicted octanol–water partition coefficient (Wildman–Crippen LogP) is 3.99. The first-order chi connectivity index (χ1) is 13.6. The van der Waals surface area contributed by atoms with Crippen LogP contribution in [0.2, 0.25) is 0 Å². The molecule has 0 spiro atoms. The molecule has 4 aromatic rings. The molecule has 4 rings (SSSR count). The standard InChI is InChI=1S/C20H19FN4O2S/c1-3-25-18-17(13(2)23-25)22-20(28-12-14-6-8-15(21)9-7-14)24(19(18)26)11-16-5-4-10-27-16/h4-10H,3,11-12H2,1-2H3. The molecule has 0 N–H and O–H groups in total. The second-order valence-corrected chi connectivity index (χ2v) is 7.32. The summed E-state index contributed by atoms with van der Waals surface area (Å²) in [5.74, 6) is 0.967. The molecule has 0 radical (unpaired) electrons. The Balaban J connectivity index is 1.79. The van der Waals surface area contributed by atoms with Crippen LogP contribution in [-0.4, -0.2) is 19.3 Å². The highest BCUT2D eigenvalue weighted by Gasteiger charge is 2.19. The molecule has 6 nitrogen and oxygen atoms in total. The number of aryl methyl sites for hydroxylation is 2. The first-order valence-electron chi connectivity index (χ1n) is 8.94. The van der Waals surface area contributed by atoms with Crippen LogP contribution in [-0.2, 0) is 18.8 Å². The minimum Gasteiger partial charge on any atom is -0.467 e. The minimum absolute atomic E-state index is 0.148. The van der Waals surface area contributed by atoms with Gasteiger partial charge in [0.25, 0.3) is 5.56 Å². The Bertz CT molecular complexity index is 1160. The summed E-state index contributed by atoms with van der Waals surface area (Å²) in [4.78, 5) is 18.0. The molecule has 0 aliphatic rings. The van der Waals surface area contributed by atoms with Crippen LogP contribution in [0.4, 0.5) is 4.39 Å². The fourth-order valence-corrected chi connectivity index (χ4v) is 4.00. The van der Waals surface area contributed by atoms with Crippen molar-refractivity contribution in [3.8, 4) is 0 Å². The van der Waals surface area contributed by atoms with Gasteiger partial charge in [0.2, 0.25) is 0 Å². The van der Waals surface area contributed by atoms with Gasteiger partial charge in [-0.15, -0.1) is 0 Å². The van der Waals surface area contributed by atoms with Crippen LogP contribution >= 0.6 is 11.8 Å². The van der Waals surface area contributed by atoms with Crippen LogP contribution in [0.15, 0.2) is 57.0 Å². The molecule has 0 aliphatic heterocycles. The normalized spacial score (nSPS) is 11.4. The number of benzene rings is 1. The van der Waals surface area contributed by atoms with Crippen molar-refractivity contribution >= 4 is 22.8 Å². The molecule has 1 aromatic carbocycles. The lowest BCUT2D eigenvalue weighted by Gasteiger charge is -2.11. The first-order valence-corrected chi connectivity index (χ1v) is 9.93. The highest BCUT2D eigenvalue weighted by Crippen LogP contribution is 2.24. The number of fused-ring (bicyclic) bond motifs is 1. The van der Waals surface area contributed by atoms with Crippen molar-refractivity contribution in [2.75, 3.05) is 0 Å². The lowest BCUT2D eigenvalue weighted by molar-refractivity contribution is 0.476. The Morgan fingerprint density at radius 2 is 2.00 bits per heavy atom. The van der Waals surface area contributed by atoms with E-state index in [0.29, 0.717) is 34.2 Å². The molecule has 3 aromatic heterocycles. The summed E-state index contributed by atoms with van der Waals surface area (Å²) < 4.78 is 21.9. The Kier molecular flexibility index (Phi) is 5.04. The van der Waals surface area contributed by atoms with Crippen LogP contribution in [0.5, 0.6) is 0 Å². The maximum atomic E-state index is 13.3. The summed E-state index contributed by atoms with van der Waals surface area (Å²) in [5, 5.41) is 5.02. The minimum atomic E-state index is -0.273. The van der Waals surface area contributed by atoms with Gasteiger partial charge in [0, 0.05) is 12.3 Å². The molecular weight excluding hydrogens is 379 g/mol. The van der Waals surface area contributed by atoms with E-state index in [4.69, 9.17) is 9.40 Å². The zero-order chi connectivity index (χ0) is 19.7. The second kappa shape index (κ2) is 7.63. The maximum absolute atomic E-state index is 13.3. The summed E-state index contributed by atoms with van der Waals surface area (Å²) in [7, 11) is 0. The van der Waals surface area contributed by atoms with Gasteiger partial charge in [-0.3, -0.25) is 14.0 Å². The predicted molar refractivity (Wildman–Crippen MR) is 106 cm³/mol. The van der Waals surface area contributed by atoms with Crippen molar-refractivity contribution in [2.45, 2.75) is 37.8 Å². The zero-order valence-electron chi connectivity index (χ0n) is 15.6. The fraction of sp³-hybridized carbons (Fsp3) is 0.250. The topological polar surface area (TPSA) is 65.8 Å². The molecule has 0 amide bonds. The van der Waals surface area contributed by atoms with Crippen molar-refractivity contribution < 1.29 is 8.81 Å². The molecule has 0 bridgehead atoms. The van der Waals surface area contributed by atoms with E-state index < -0.39 is 0 Å². The van der Waals surface area contributed by atoms with E-state index in [1.165, 1.54) is 23.9 Å². The van der Waals surface area contributed by atoms with Crippen molar-refractivity contribution in [2.24, 2.45) is 0 Å². The Labute approximate surface area is 165 Å². The summed E-state index contributed by atoms with van der Waals surface area (Å²) in [6, 6.07) is 9.94. The SMILES string of the molecule is CCn1nc(C)c2nc(SCc3ccc(F)cc3)n(Cc3ccco3)c(=O)c21. The van der Waals surface area contributed by atoms with Crippen molar-refractivity contribution in [3.63, 3.8) is 0 Å². The highest BCUT2D eigenvalue weighted by molar-refractivity contribution is 7.98. The Morgan fingerprint density at radius 3 is 2.68 bits per heavy atom. The first kappa shape index (κ1) is 18.5. The van der Waals surface area contributed by atoms with Crippen LogP contribution in [0.1, 0.15) is 23.9 Å². The van der Waals surface area contributed by atoms with Crippen LogP contribution in [0, 0.1) is 12.7 Å². The van der Waals surface area contributed by atoms with Gasteiger partial charge in [-0.2, -0.15) is 5.10 Å². The van der Waals surface area contributed by atoms with E-state index in [1.54, 1.807) is 33.7 Å². The number of halogens is 1. The van der Waals surface area contributed by atoms with E-state index in [-0.39, 0.29) is 17.9 Å². The second-order valence-electron chi connectivity index (χ2n) is 6.38. The van der Waals surface area contributed by atoms with Crippen LogP contribution in [0.25, 0.3) is 11.0 Å². The summed E-state index contributed by atoms with van der Waals surface area (Å²) in [6.07, 6.45) is 1.58. The molecule has 28 heavy (non-hydrogen) atoms. The summed E-state index contributed by atoms with van der Waals surface area (Å²) >= 11 is 1.43. The molecule has 0 saturated carbocycles. The van der Waals surface area contributed by atoms with Crippen LogP contribution in [0.3, 0.4) is 0 Å². The quantitative estimate of drug-likeness (QED) is 0.363. The van der Waals surface area contributed by atoms with Gasteiger partial charge in [0.05, 0.1) is 18.5 Å². The van der Waals surface area contributed by atoms with Crippen LogP contribution < -0.4 is 5.56 Å². The van der Waals surface area contributed by atoms with Crippen molar-refractivity contribution in [1.82, 2.24) is 19.3 Å². The fourth-order valence-electron chi connectivity index (χ4n) is 3.05. The van der Waals surface area contributed by atoms with E-state index in [1.807, 2.05) is 19.9 Å². The van der Waals surface area contributed by atoms with Gasteiger partial charge in [0.1, 0.15) is 17.1 Å². The van der Waals surface area contributed by atoms with E-state index in [0.717, 1.165) is 11.3 Å². The van der Waals surface area contributed by atoms with Crippen molar-refractivity contribution in [3.05, 3.63) is 75.9 Å². The lowest BCUT2D eigenvalue weighted by atomic mass is 10.2. The third-order valence-electron chi connectivity index (χ3n) is 4.46. The molecule has 8 heteroatoms. The van der Waals surface area contributed by atoms with Gasteiger partial charge < -0.3 is 4.42 Å². The van der Waals surface area contributed by atoms with Gasteiger partial charge >= 0.3 is 0 Å². The average molecular weight is 398 g/mol. The van der Waals surface area contributed by atoms with Gasteiger partial charge in [0.15, 0.2) is 10.7 Å². The maximum Gasteiger partial charge on any atom is 0.280 e. The number of thioether (sulfide) groups is 1. The number of aromatic nitrogens is 4. The average Bonchev–Trinajstić information content (AvgIpc) is 3.31. The van der Waals surface area contributed by atoms with Gasteiger partial charge in [-0.1, -0.05) is 23.9 Å². The smallest absolute Gasteiger partial charge is 0.280 e. The zero-order valence-corrected chi connectivity index (χ0v) is 16.4. The molecular formula is C20H19FN4O2S. The molecule has 0 aliphatic carbocycles. The molecule has 144 valence electrons. The molecule has 0 saturated heterocycles. The third-order valence-corrected chi connectivity index (χ3v) is 5.50. The Morgan fingerprint density at radius 1 is 1.21 bits per heavy atom. The number of hydrogen-bond donors (Lipinski definition) is 0. The lowest BCUT2D eigenvalue weighted by Crippen LogP contribution is -2.25. The number of rotatable bonds is 6. The van der Waals surface area contributed by atoms with Gasteiger partial charge in [-0.05, 0) is 43.7 Å². The van der Waals surface area contributed by atoms with Gasteiger partial charge in [-0.25, -0.2) is 9.37 Å². The summed E-state index contributed by atoms with van der Waals surface area (Å²) in [6.45, 7) is 4.67. The monoisotopic (exact) mass is 398 g/mol. The number of hydrogen-bond acceptors (Lipinski definition) is 5. The van der Waals surface area contributed by atoms with E-state index >= 15 is 0 Å². The molecule has 3 heterocycles. The van der Waals surface area contributed by atoms with E-state index in [9.17, 15) is 9.18 Å². The van der Waals surface area contributed by atoms with E-state index in [2.05, 4.69) is 5.10 Å². The molecule has 0 unspecified atom stereocenters. The summed E-state index contributed by atoms with van der Waals surface area (Å²) in [5.41, 5.74) is 2.64. The number of nitrogens with zero attached hydrogens (tertiary/aromatic N) is 4. The number of furan rings is 1. The van der Waals surface area contributed by atoms with Crippen molar-refractivity contribution in [1.29, 1.82) is 0 Å². The largest absolute Gasteiger partial charge is 0.467 e. The Hall–Kier alpha value is -2.87. The molecule has 0 fully saturated rings. The molecule has 0 atom stereocenters. The highest BCUT2D eigenvalue weighted by atomic mass is 32.2.